The maximum Gasteiger partial charge on any atom is 0.410 e. The predicted molar refractivity (Wildman–Crippen MR) is 114 cm³/mol. The van der Waals surface area contributed by atoms with Gasteiger partial charge < -0.3 is 20.3 Å². The summed E-state index contributed by atoms with van der Waals surface area (Å²) in [7, 11) is 1.77. The summed E-state index contributed by atoms with van der Waals surface area (Å²) in [5.74, 6) is -0.127. The van der Waals surface area contributed by atoms with Crippen molar-refractivity contribution in [3.63, 3.8) is 0 Å². The third-order valence-electron chi connectivity index (χ3n) is 5.59. The van der Waals surface area contributed by atoms with Crippen LogP contribution in [-0.2, 0) is 16.1 Å². The van der Waals surface area contributed by atoms with Crippen molar-refractivity contribution >= 4 is 17.7 Å². The van der Waals surface area contributed by atoms with E-state index in [1.165, 1.54) is 0 Å². The molecule has 0 saturated carbocycles. The first kappa shape index (κ1) is 20.9. The normalized spacial score (nSPS) is 18.9. The van der Waals surface area contributed by atoms with E-state index in [-0.39, 0.29) is 19.1 Å². The van der Waals surface area contributed by atoms with Crippen molar-refractivity contribution in [1.29, 1.82) is 0 Å². The number of nitrogens with one attached hydrogen (secondary N) is 2. The number of rotatable bonds is 5. The molecule has 29 heavy (non-hydrogen) atoms. The van der Waals surface area contributed by atoms with Crippen molar-refractivity contribution < 1.29 is 14.3 Å². The van der Waals surface area contributed by atoms with E-state index in [4.69, 9.17) is 4.74 Å². The number of anilines is 1. The first-order chi connectivity index (χ1) is 13.9. The molecular weight excluding hydrogens is 366 g/mol. The van der Waals surface area contributed by atoms with E-state index < -0.39 is 11.6 Å². The van der Waals surface area contributed by atoms with E-state index >= 15 is 0 Å². The zero-order valence-electron chi connectivity index (χ0n) is 17.3. The van der Waals surface area contributed by atoms with Crippen LogP contribution in [0.4, 0.5) is 10.5 Å². The molecule has 2 amide bonds. The molecule has 1 aliphatic rings. The lowest BCUT2D eigenvalue weighted by Crippen LogP contribution is -2.63. The Labute approximate surface area is 172 Å². The molecule has 1 unspecified atom stereocenters. The molecule has 154 valence electrons. The zero-order valence-corrected chi connectivity index (χ0v) is 17.3. The van der Waals surface area contributed by atoms with Crippen molar-refractivity contribution in [2.45, 2.75) is 38.8 Å². The number of piperidine rings is 1. The van der Waals surface area contributed by atoms with Crippen molar-refractivity contribution in [3.05, 3.63) is 65.2 Å². The molecule has 1 saturated heterocycles. The van der Waals surface area contributed by atoms with E-state index in [9.17, 15) is 9.59 Å². The van der Waals surface area contributed by atoms with Gasteiger partial charge in [-0.25, -0.2) is 4.79 Å². The highest BCUT2D eigenvalue weighted by Gasteiger charge is 2.43. The van der Waals surface area contributed by atoms with Gasteiger partial charge in [-0.3, -0.25) is 4.79 Å². The molecule has 2 aromatic carbocycles. The van der Waals surface area contributed by atoms with E-state index in [0.717, 1.165) is 28.8 Å². The summed E-state index contributed by atoms with van der Waals surface area (Å²) >= 11 is 0. The molecule has 1 fully saturated rings. The first-order valence-corrected chi connectivity index (χ1v) is 9.97. The summed E-state index contributed by atoms with van der Waals surface area (Å²) in [5, 5.41) is 6.25. The first-order valence-electron chi connectivity index (χ1n) is 9.97. The minimum absolute atomic E-state index is 0.127. The molecule has 0 aromatic heterocycles. The fraction of sp³-hybridized carbons (Fsp3) is 0.391. The minimum Gasteiger partial charge on any atom is -0.445 e. The van der Waals surface area contributed by atoms with Gasteiger partial charge in [-0.15, -0.1) is 0 Å². The number of nitrogens with zero attached hydrogens (tertiary/aromatic N) is 1. The lowest BCUT2D eigenvalue weighted by atomic mass is 9.88. The van der Waals surface area contributed by atoms with Crippen LogP contribution in [0.2, 0.25) is 0 Å². The standard InChI is InChI=1S/C23H29N3O3/c1-17-9-7-10-18(2)20(17)25-21(27)23(24-3)13-8-14-26(16-23)22(28)29-15-19-11-5-4-6-12-19/h4-7,9-12,24H,8,13-16H2,1-3H3,(H,25,27). The highest BCUT2D eigenvalue weighted by molar-refractivity contribution is 5.99. The van der Waals surface area contributed by atoms with Gasteiger partial charge in [0.15, 0.2) is 0 Å². The fourth-order valence-electron chi connectivity index (χ4n) is 3.77. The summed E-state index contributed by atoms with van der Waals surface area (Å²) in [6.45, 7) is 5.02. The average molecular weight is 396 g/mol. The van der Waals surface area contributed by atoms with Gasteiger partial charge >= 0.3 is 6.09 Å². The average Bonchev–Trinajstić information content (AvgIpc) is 2.75. The second-order valence-corrected chi connectivity index (χ2v) is 7.62. The molecule has 1 heterocycles. The topological polar surface area (TPSA) is 70.7 Å². The fourth-order valence-corrected chi connectivity index (χ4v) is 3.77. The number of carbonyl (C=O) groups excluding carboxylic acids is 2. The smallest absolute Gasteiger partial charge is 0.410 e. The number of para-hydroxylation sites is 1. The summed E-state index contributed by atoms with van der Waals surface area (Å²) in [6.07, 6.45) is 0.984. The van der Waals surface area contributed by atoms with Crippen LogP contribution in [0.5, 0.6) is 0 Å². The van der Waals surface area contributed by atoms with E-state index in [1.807, 2.05) is 62.4 Å². The number of likely N-dealkylation sites (N-methyl/N-ethyl adjacent to an activating group) is 1. The number of hydrogen-bond donors (Lipinski definition) is 2. The Hall–Kier alpha value is -2.86. The van der Waals surface area contributed by atoms with Crippen LogP contribution in [-0.4, -0.2) is 42.6 Å². The van der Waals surface area contributed by atoms with Gasteiger partial charge in [0.25, 0.3) is 0 Å². The highest BCUT2D eigenvalue weighted by atomic mass is 16.6. The summed E-state index contributed by atoms with van der Waals surface area (Å²) in [4.78, 5) is 27.4. The molecule has 0 aliphatic carbocycles. The van der Waals surface area contributed by atoms with Crippen molar-refractivity contribution in [2.75, 3.05) is 25.5 Å². The Balaban J connectivity index is 1.68. The number of amides is 2. The monoisotopic (exact) mass is 395 g/mol. The second kappa shape index (κ2) is 9.09. The summed E-state index contributed by atoms with van der Waals surface area (Å²) < 4.78 is 5.47. The Morgan fingerprint density at radius 2 is 1.76 bits per heavy atom. The molecule has 1 atom stereocenters. The SMILES string of the molecule is CNC1(C(=O)Nc2c(C)cccc2C)CCCN(C(=O)OCc2ccccc2)C1. The van der Waals surface area contributed by atoms with Crippen LogP contribution in [0.25, 0.3) is 0 Å². The van der Waals surface area contributed by atoms with Gasteiger partial charge in [0.2, 0.25) is 5.91 Å². The minimum atomic E-state index is -0.848. The molecule has 6 nitrogen and oxygen atoms in total. The lowest BCUT2D eigenvalue weighted by Gasteiger charge is -2.41. The van der Waals surface area contributed by atoms with Crippen LogP contribution in [0.15, 0.2) is 48.5 Å². The number of hydrogen-bond acceptors (Lipinski definition) is 4. The third-order valence-corrected chi connectivity index (χ3v) is 5.59. The van der Waals surface area contributed by atoms with Gasteiger partial charge in [0, 0.05) is 12.2 Å². The Morgan fingerprint density at radius 1 is 1.07 bits per heavy atom. The Morgan fingerprint density at radius 3 is 2.41 bits per heavy atom. The molecule has 0 radical (unpaired) electrons. The van der Waals surface area contributed by atoms with Gasteiger partial charge in [-0.05, 0) is 50.4 Å². The number of carbonyl (C=O) groups is 2. The van der Waals surface area contributed by atoms with Gasteiger partial charge in [-0.2, -0.15) is 0 Å². The van der Waals surface area contributed by atoms with Crippen LogP contribution < -0.4 is 10.6 Å². The predicted octanol–water partition coefficient (Wildman–Crippen LogP) is 3.63. The van der Waals surface area contributed by atoms with Gasteiger partial charge in [-0.1, -0.05) is 48.5 Å². The molecule has 0 spiro atoms. The number of aryl methyl sites for hydroxylation is 2. The van der Waals surface area contributed by atoms with Gasteiger partial charge in [0.1, 0.15) is 12.1 Å². The zero-order chi connectivity index (χ0) is 20.9. The second-order valence-electron chi connectivity index (χ2n) is 7.62. The van der Waals surface area contributed by atoms with Crippen molar-refractivity contribution in [1.82, 2.24) is 10.2 Å². The van der Waals surface area contributed by atoms with Crippen LogP contribution in [0.3, 0.4) is 0 Å². The molecule has 2 N–H and O–H groups in total. The van der Waals surface area contributed by atoms with Crippen LogP contribution in [0.1, 0.15) is 29.5 Å². The maximum atomic E-state index is 13.2. The number of likely N-dealkylation sites (tertiary alicyclic amines) is 1. The lowest BCUT2D eigenvalue weighted by molar-refractivity contribution is -0.124. The largest absolute Gasteiger partial charge is 0.445 e. The Bertz CT molecular complexity index is 849. The number of ether oxygens (including phenoxy) is 1. The molecule has 0 bridgehead atoms. The number of benzene rings is 2. The van der Waals surface area contributed by atoms with E-state index in [0.29, 0.717) is 13.0 Å². The van der Waals surface area contributed by atoms with E-state index in [2.05, 4.69) is 10.6 Å². The van der Waals surface area contributed by atoms with E-state index in [1.54, 1.807) is 11.9 Å². The van der Waals surface area contributed by atoms with Gasteiger partial charge in [0.05, 0.1) is 6.54 Å². The molecular formula is C23H29N3O3. The van der Waals surface area contributed by atoms with Crippen molar-refractivity contribution in [2.24, 2.45) is 0 Å². The van der Waals surface area contributed by atoms with Crippen LogP contribution in [0, 0.1) is 13.8 Å². The third kappa shape index (κ3) is 4.77. The quantitative estimate of drug-likeness (QED) is 0.811. The summed E-state index contributed by atoms with van der Waals surface area (Å²) in [6, 6.07) is 15.5. The highest BCUT2D eigenvalue weighted by Crippen LogP contribution is 2.26. The van der Waals surface area contributed by atoms with Crippen LogP contribution >= 0.6 is 0 Å². The molecule has 6 heteroatoms. The molecule has 1 aliphatic heterocycles. The maximum absolute atomic E-state index is 13.2. The summed E-state index contributed by atoms with van der Waals surface area (Å²) in [5.41, 5.74) is 2.94. The van der Waals surface area contributed by atoms with Crippen molar-refractivity contribution in [3.8, 4) is 0 Å². The molecule has 3 rings (SSSR count). The Kier molecular flexibility index (Phi) is 6.54. The molecule has 2 aromatic rings.